The second-order valence-electron chi connectivity index (χ2n) is 2.61. The van der Waals surface area contributed by atoms with Gasteiger partial charge in [-0.15, -0.1) is 0 Å². The van der Waals surface area contributed by atoms with Crippen LogP contribution in [0.1, 0.15) is 23.2 Å². The smallest absolute Gasteiger partial charge is 0.243 e. The van der Waals surface area contributed by atoms with Gasteiger partial charge in [-0.05, 0) is 22.0 Å². The Balaban J connectivity index is 3.32. The molecular formula is C9H4BrF2N3. The van der Waals surface area contributed by atoms with E-state index in [1.54, 1.807) is 6.07 Å². The third-order valence-corrected chi connectivity index (χ3v) is 2.32. The summed E-state index contributed by atoms with van der Waals surface area (Å²) in [6, 6.07) is 4.60. The summed E-state index contributed by atoms with van der Waals surface area (Å²) in [7, 11) is 0. The minimum Gasteiger partial charge on any atom is -0.243 e. The van der Waals surface area contributed by atoms with Crippen LogP contribution in [0.3, 0.4) is 0 Å². The van der Waals surface area contributed by atoms with Gasteiger partial charge in [0.25, 0.3) is 6.43 Å². The average Bonchev–Trinajstić information content (AvgIpc) is 2.18. The van der Waals surface area contributed by atoms with Gasteiger partial charge in [0.2, 0.25) is 0 Å². The molecule has 0 aliphatic carbocycles. The summed E-state index contributed by atoms with van der Waals surface area (Å²) in [5.41, 5.74) is -0.125. The monoisotopic (exact) mass is 271 g/mol. The molecule has 0 saturated heterocycles. The van der Waals surface area contributed by atoms with Crippen molar-refractivity contribution in [2.75, 3.05) is 0 Å². The summed E-state index contributed by atoms with van der Waals surface area (Å²) in [5, 5.41) is 17.1. The lowest BCUT2D eigenvalue weighted by Gasteiger charge is -2.05. The van der Waals surface area contributed by atoms with Gasteiger partial charge in [-0.25, -0.2) is 13.8 Å². The van der Waals surface area contributed by atoms with Crippen molar-refractivity contribution in [1.29, 1.82) is 10.5 Å². The lowest BCUT2D eigenvalue weighted by atomic mass is 10.1. The van der Waals surface area contributed by atoms with Crippen molar-refractivity contribution in [3.63, 3.8) is 0 Å². The molecule has 6 heteroatoms. The molecule has 0 unspecified atom stereocenters. The summed E-state index contributed by atoms with van der Waals surface area (Å²) < 4.78 is 24.8. The first kappa shape index (κ1) is 11.5. The SMILES string of the molecule is N#CCc1nc(Br)c(C(F)F)cc1C#N. The topological polar surface area (TPSA) is 60.5 Å². The number of hydrogen-bond acceptors (Lipinski definition) is 3. The third kappa shape index (κ3) is 2.48. The van der Waals surface area contributed by atoms with E-state index in [1.807, 2.05) is 6.07 Å². The fraction of sp³-hybridized carbons (Fsp3) is 0.222. The summed E-state index contributed by atoms with van der Waals surface area (Å²) in [5.74, 6) is 0. The fourth-order valence-corrected chi connectivity index (χ4v) is 1.50. The quantitative estimate of drug-likeness (QED) is 0.777. The van der Waals surface area contributed by atoms with Crippen LogP contribution in [0.5, 0.6) is 0 Å². The summed E-state index contributed by atoms with van der Waals surface area (Å²) in [6.45, 7) is 0. The maximum atomic E-state index is 12.4. The number of nitrogens with zero attached hydrogens (tertiary/aromatic N) is 3. The molecule has 1 rings (SSSR count). The second-order valence-corrected chi connectivity index (χ2v) is 3.36. The number of rotatable bonds is 2. The maximum absolute atomic E-state index is 12.4. The van der Waals surface area contributed by atoms with Crippen molar-refractivity contribution in [2.45, 2.75) is 12.8 Å². The molecule has 0 spiro atoms. The van der Waals surface area contributed by atoms with Gasteiger partial charge in [0, 0.05) is 0 Å². The van der Waals surface area contributed by atoms with Crippen molar-refractivity contribution >= 4 is 15.9 Å². The van der Waals surface area contributed by atoms with Gasteiger partial charge < -0.3 is 0 Å². The minimum atomic E-state index is -2.70. The number of nitriles is 2. The molecule has 15 heavy (non-hydrogen) atoms. The predicted octanol–water partition coefficient (Wildman–Crippen LogP) is 2.72. The molecule has 1 heterocycles. The van der Waals surface area contributed by atoms with Gasteiger partial charge in [-0.2, -0.15) is 10.5 Å². The minimum absolute atomic E-state index is 0.00931. The van der Waals surface area contributed by atoms with E-state index in [1.165, 1.54) is 0 Å². The van der Waals surface area contributed by atoms with E-state index in [0.717, 1.165) is 6.07 Å². The van der Waals surface area contributed by atoms with E-state index in [9.17, 15) is 8.78 Å². The Morgan fingerprint density at radius 3 is 2.60 bits per heavy atom. The molecule has 0 amide bonds. The highest BCUT2D eigenvalue weighted by Crippen LogP contribution is 2.27. The van der Waals surface area contributed by atoms with Gasteiger partial charge >= 0.3 is 0 Å². The zero-order valence-electron chi connectivity index (χ0n) is 7.34. The van der Waals surface area contributed by atoms with Crippen LogP contribution in [0.25, 0.3) is 0 Å². The molecule has 0 bridgehead atoms. The standard InChI is InChI=1S/C9H4BrF2N3/c10-8-6(9(11)12)3-5(4-14)7(15-8)1-2-13/h3,9H,1H2. The molecule has 0 fully saturated rings. The first-order valence-corrected chi connectivity index (χ1v) is 4.64. The Labute approximate surface area is 93.1 Å². The summed E-state index contributed by atoms with van der Waals surface area (Å²) in [6.07, 6.45) is -2.78. The molecule has 0 saturated carbocycles. The lowest BCUT2D eigenvalue weighted by Crippen LogP contribution is -1.99. The summed E-state index contributed by atoms with van der Waals surface area (Å²) in [4.78, 5) is 3.75. The first-order chi connectivity index (χ1) is 7.10. The Morgan fingerprint density at radius 1 is 1.47 bits per heavy atom. The van der Waals surface area contributed by atoms with Crippen molar-refractivity contribution in [3.05, 3.63) is 27.5 Å². The molecule has 1 aromatic heterocycles. The third-order valence-electron chi connectivity index (χ3n) is 1.68. The maximum Gasteiger partial charge on any atom is 0.266 e. The second kappa shape index (κ2) is 4.81. The van der Waals surface area contributed by atoms with Crippen molar-refractivity contribution in [2.24, 2.45) is 0 Å². The van der Waals surface area contributed by atoms with Crippen LogP contribution in [-0.4, -0.2) is 4.98 Å². The van der Waals surface area contributed by atoms with E-state index in [-0.39, 0.29) is 27.8 Å². The molecule has 0 radical (unpaired) electrons. The zero-order valence-corrected chi connectivity index (χ0v) is 8.92. The summed E-state index contributed by atoms with van der Waals surface area (Å²) >= 11 is 2.87. The molecule has 0 aliphatic heterocycles. The molecule has 3 nitrogen and oxygen atoms in total. The normalized spacial score (nSPS) is 9.73. The van der Waals surface area contributed by atoms with Crippen LogP contribution < -0.4 is 0 Å². The Kier molecular flexibility index (Phi) is 3.70. The molecule has 1 aromatic rings. The van der Waals surface area contributed by atoms with Gasteiger partial charge in [0.05, 0.1) is 29.3 Å². The van der Waals surface area contributed by atoms with Crippen LogP contribution in [0.2, 0.25) is 0 Å². The van der Waals surface area contributed by atoms with Crippen LogP contribution in [0.4, 0.5) is 8.78 Å². The van der Waals surface area contributed by atoms with E-state index in [4.69, 9.17) is 10.5 Å². The van der Waals surface area contributed by atoms with E-state index < -0.39 is 6.43 Å². The number of hydrogen-bond donors (Lipinski definition) is 0. The molecule has 0 aliphatic rings. The van der Waals surface area contributed by atoms with Crippen molar-refractivity contribution in [3.8, 4) is 12.1 Å². The van der Waals surface area contributed by atoms with Crippen LogP contribution >= 0.6 is 15.9 Å². The van der Waals surface area contributed by atoms with Gasteiger partial charge in [-0.3, -0.25) is 0 Å². The highest BCUT2D eigenvalue weighted by atomic mass is 79.9. The zero-order chi connectivity index (χ0) is 11.4. The van der Waals surface area contributed by atoms with Gasteiger partial charge in [0.15, 0.2) is 0 Å². The molecule has 76 valence electrons. The Morgan fingerprint density at radius 2 is 2.13 bits per heavy atom. The van der Waals surface area contributed by atoms with Gasteiger partial charge in [0.1, 0.15) is 10.7 Å². The van der Waals surface area contributed by atoms with Crippen LogP contribution in [-0.2, 0) is 6.42 Å². The van der Waals surface area contributed by atoms with E-state index in [2.05, 4.69) is 20.9 Å². The largest absolute Gasteiger partial charge is 0.266 e. The molecule has 0 N–H and O–H groups in total. The van der Waals surface area contributed by atoms with Crippen LogP contribution in [0, 0.1) is 22.7 Å². The van der Waals surface area contributed by atoms with E-state index >= 15 is 0 Å². The van der Waals surface area contributed by atoms with Crippen molar-refractivity contribution in [1.82, 2.24) is 4.98 Å². The van der Waals surface area contributed by atoms with Gasteiger partial charge in [-0.1, -0.05) is 0 Å². The average molecular weight is 272 g/mol. The number of aromatic nitrogens is 1. The highest BCUT2D eigenvalue weighted by molar-refractivity contribution is 9.10. The number of alkyl halides is 2. The predicted molar refractivity (Wildman–Crippen MR) is 50.9 cm³/mol. The number of pyridine rings is 1. The molecule has 0 atom stereocenters. The lowest BCUT2D eigenvalue weighted by molar-refractivity contribution is 0.150. The highest BCUT2D eigenvalue weighted by Gasteiger charge is 2.16. The Hall–Kier alpha value is -1.53. The van der Waals surface area contributed by atoms with Crippen molar-refractivity contribution < 1.29 is 8.78 Å². The fourth-order valence-electron chi connectivity index (χ4n) is 1.00. The van der Waals surface area contributed by atoms with Crippen LogP contribution in [0.15, 0.2) is 10.7 Å². The number of halogens is 3. The first-order valence-electron chi connectivity index (χ1n) is 3.84. The molecule has 0 aromatic carbocycles. The van der Waals surface area contributed by atoms with E-state index in [0.29, 0.717) is 0 Å². The Bertz CT molecular complexity index is 460. The molecular weight excluding hydrogens is 268 g/mol.